The highest BCUT2D eigenvalue weighted by Crippen LogP contribution is 2.32. The van der Waals surface area contributed by atoms with Crippen molar-refractivity contribution in [3.8, 4) is 0 Å². The van der Waals surface area contributed by atoms with Crippen LogP contribution in [0.15, 0.2) is 12.7 Å². The van der Waals surface area contributed by atoms with Crippen molar-refractivity contribution >= 4 is 0 Å². The molecule has 0 radical (unpaired) electrons. The zero-order valence-electron chi connectivity index (χ0n) is 10.8. The molecular formula is C14H26N2O. The average Bonchev–Trinajstić information content (AvgIpc) is 2.66. The fraction of sp³-hybridized carbons (Fsp3) is 0.857. The maximum absolute atomic E-state index is 9.01. The first-order valence-electron chi connectivity index (χ1n) is 7.02. The van der Waals surface area contributed by atoms with Crippen molar-refractivity contribution in [3.05, 3.63) is 12.7 Å². The van der Waals surface area contributed by atoms with E-state index in [1.54, 1.807) is 0 Å². The summed E-state index contributed by atoms with van der Waals surface area (Å²) in [6.45, 7) is 6.82. The predicted molar refractivity (Wildman–Crippen MR) is 71.0 cm³/mol. The van der Waals surface area contributed by atoms with Crippen LogP contribution in [-0.4, -0.2) is 48.3 Å². The van der Waals surface area contributed by atoms with Crippen molar-refractivity contribution in [3.63, 3.8) is 0 Å². The van der Waals surface area contributed by atoms with E-state index >= 15 is 0 Å². The number of rotatable bonds is 7. The molecule has 0 saturated carbocycles. The van der Waals surface area contributed by atoms with Gasteiger partial charge in [-0.05, 0) is 44.6 Å². The van der Waals surface area contributed by atoms with Gasteiger partial charge in [0, 0.05) is 25.2 Å². The number of piperidine rings is 1. The summed E-state index contributed by atoms with van der Waals surface area (Å²) in [4.78, 5) is 2.30. The minimum Gasteiger partial charge on any atom is -0.395 e. The van der Waals surface area contributed by atoms with Gasteiger partial charge in [-0.2, -0.15) is 0 Å². The smallest absolute Gasteiger partial charge is 0.0558 e. The first-order valence-corrected chi connectivity index (χ1v) is 7.02. The zero-order chi connectivity index (χ0) is 12.1. The minimum absolute atomic E-state index is 0.255. The van der Waals surface area contributed by atoms with Crippen molar-refractivity contribution in [2.24, 2.45) is 5.92 Å². The third kappa shape index (κ3) is 3.80. The topological polar surface area (TPSA) is 35.5 Å². The first kappa shape index (κ1) is 13.1. The fourth-order valence-electron chi connectivity index (χ4n) is 3.39. The van der Waals surface area contributed by atoms with Crippen LogP contribution < -0.4 is 5.32 Å². The van der Waals surface area contributed by atoms with Gasteiger partial charge in [-0.15, -0.1) is 6.58 Å². The monoisotopic (exact) mass is 238 g/mol. The second kappa shape index (κ2) is 6.53. The van der Waals surface area contributed by atoms with Crippen molar-refractivity contribution < 1.29 is 5.11 Å². The summed E-state index contributed by atoms with van der Waals surface area (Å²) in [5.74, 6) is 0.889. The lowest BCUT2D eigenvalue weighted by Gasteiger charge is -2.30. The summed E-state index contributed by atoms with van der Waals surface area (Å²) in [5.41, 5.74) is 0. The van der Waals surface area contributed by atoms with Crippen molar-refractivity contribution in [2.75, 3.05) is 26.2 Å². The Balaban J connectivity index is 1.71. The maximum Gasteiger partial charge on any atom is 0.0558 e. The van der Waals surface area contributed by atoms with E-state index in [4.69, 9.17) is 5.11 Å². The summed E-state index contributed by atoms with van der Waals surface area (Å²) in [5, 5.41) is 12.7. The lowest BCUT2D eigenvalue weighted by Crippen LogP contribution is -2.39. The van der Waals surface area contributed by atoms with Crippen LogP contribution >= 0.6 is 0 Å². The van der Waals surface area contributed by atoms with E-state index in [9.17, 15) is 0 Å². The number of aliphatic hydroxyl groups excluding tert-OH is 1. The van der Waals surface area contributed by atoms with Crippen LogP contribution in [0.4, 0.5) is 0 Å². The highest BCUT2D eigenvalue weighted by atomic mass is 16.3. The molecule has 2 N–H and O–H groups in total. The van der Waals surface area contributed by atoms with Crippen LogP contribution in [0, 0.1) is 5.92 Å². The number of nitrogens with zero attached hydrogens (tertiary/aromatic N) is 1. The third-order valence-electron chi connectivity index (χ3n) is 4.23. The van der Waals surface area contributed by atoms with Crippen LogP contribution in [0.5, 0.6) is 0 Å². The molecular weight excluding hydrogens is 212 g/mol. The molecule has 2 heterocycles. The molecule has 2 saturated heterocycles. The largest absolute Gasteiger partial charge is 0.395 e. The maximum atomic E-state index is 9.01. The Morgan fingerprint density at radius 2 is 1.94 bits per heavy atom. The summed E-state index contributed by atoms with van der Waals surface area (Å²) in [6, 6.07) is 1.59. The van der Waals surface area contributed by atoms with Crippen LogP contribution in [0.25, 0.3) is 0 Å². The number of fused-ring (bicyclic) bond motifs is 2. The van der Waals surface area contributed by atoms with Gasteiger partial charge in [0.15, 0.2) is 0 Å². The van der Waals surface area contributed by atoms with E-state index in [1.165, 1.54) is 32.1 Å². The minimum atomic E-state index is 0.255. The highest BCUT2D eigenvalue weighted by molar-refractivity contribution is 4.92. The van der Waals surface area contributed by atoms with E-state index < -0.39 is 0 Å². The molecule has 2 atom stereocenters. The van der Waals surface area contributed by atoms with Gasteiger partial charge in [0.1, 0.15) is 0 Å². The Hall–Kier alpha value is -0.380. The molecule has 2 unspecified atom stereocenters. The molecule has 98 valence electrons. The van der Waals surface area contributed by atoms with Crippen molar-refractivity contribution in [1.29, 1.82) is 0 Å². The zero-order valence-corrected chi connectivity index (χ0v) is 10.8. The second-order valence-electron chi connectivity index (χ2n) is 5.58. The molecule has 0 aromatic carbocycles. The molecule has 2 rings (SSSR count). The average molecular weight is 238 g/mol. The number of aliphatic hydroxyl groups is 1. The predicted octanol–water partition coefficient (Wildman–Crippen LogP) is 1.39. The molecule has 0 spiro atoms. The SMILES string of the molecule is C=CCN(CCO)CCC1CC2CCC(C1)N2. The standard InChI is InChI=1S/C14H26N2O/c1-2-6-16(8-9-17)7-5-12-10-13-3-4-14(11-12)15-13/h2,12-15,17H,1,3-11H2. The molecule has 0 amide bonds. The Kier molecular flexibility index (Phi) is 5.01. The number of hydrogen-bond donors (Lipinski definition) is 2. The van der Waals surface area contributed by atoms with E-state index in [0.717, 1.165) is 37.6 Å². The third-order valence-corrected chi connectivity index (χ3v) is 4.23. The molecule has 0 aromatic heterocycles. The van der Waals surface area contributed by atoms with Crippen LogP contribution in [-0.2, 0) is 0 Å². The highest BCUT2D eigenvalue weighted by Gasteiger charge is 2.33. The molecule has 2 fully saturated rings. The molecule has 3 nitrogen and oxygen atoms in total. The summed E-state index contributed by atoms with van der Waals surface area (Å²) >= 11 is 0. The molecule has 17 heavy (non-hydrogen) atoms. The van der Waals surface area contributed by atoms with Gasteiger partial charge in [-0.3, -0.25) is 4.90 Å². The van der Waals surface area contributed by atoms with Crippen molar-refractivity contribution in [1.82, 2.24) is 10.2 Å². The molecule has 2 aliphatic rings. The lowest BCUT2D eigenvalue weighted by molar-refractivity contribution is 0.187. The van der Waals surface area contributed by atoms with Gasteiger partial charge in [0.05, 0.1) is 6.61 Å². The normalized spacial score (nSPS) is 32.0. The summed E-state index contributed by atoms with van der Waals surface area (Å²) in [6.07, 6.45) is 8.70. The summed E-state index contributed by atoms with van der Waals surface area (Å²) < 4.78 is 0. The van der Waals surface area contributed by atoms with Gasteiger partial charge in [-0.1, -0.05) is 6.08 Å². The second-order valence-corrected chi connectivity index (χ2v) is 5.58. The Bertz CT molecular complexity index is 232. The van der Waals surface area contributed by atoms with Gasteiger partial charge >= 0.3 is 0 Å². The van der Waals surface area contributed by atoms with Gasteiger partial charge in [0.2, 0.25) is 0 Å². The quantitative estimate of drug-likeness (QED) is 0.658. The van der Waals surface area contributed by atoms with Crippen molar-refractivity contribution in [2.45, 2.75) is 44.2 Å². The van der Waals surface area contributed by atoms with E-state index in [0.29, 0.717) is 0 Å². The van der Waals surface area contributed by atoms with Crippen LogP contribution in [0.1, 0.15) is 32.1 Å². The van der Waals surface area contributed by atoms with Gasteiger partial charge in [-0.25, -0.2) is 0 Å². The number of nitrogens with one attached hydrogen (secondary N) is 1. The first-order chi connectivity index (χ1) is 8.31. The van der Waals surface area contributed by atoms with Gasteiger partial charge < -0.3 is 10.4 Å². The van der Waals surface area contributed by atoms with E-state index in [1.807, 2.05) is 6.08 Å². The fourth-order valence-corrected chi connectivity index (χ4v) is 3.39. The Morgan fingerprint density at radius 3 is 2.53 bits per heavy atom. The Labute approximate surface area is 105 Å². The molecule has 0 aliphatic carbocycles. The summed E-state index contributed by atoms with van der Waals surface area (Å²) in [7, 11) is 0. The molecule has 0 aromatic rings. The lowest BCUT2D eigenvalue weighted by atomic mass is 9.89. The van der Waals surface area contributed by atoms with Gasteiger partial charge in [0.25, 0.3) is 0 Å². The Morgan fingerprint density at radius 1 is 1.24 bits per heavy atom. The number of hydrogen-bond acceptors (Lipinski definition) is 3. The van der Waals surface area contributed by atoms with Crippen LogP contribution in [0.3, 0.4) is 0 Å². The molecule has 2 aliphatic heterocycles. The molecule has 3 heteroatoms. The van der Waals surface area contributed by atoms with E-state index in [2.05, 4.69) is 16.8 Å². The molecule has 2 bridgehead atoms. The van der Waals surface area contributed by atoms with E-state index in [-0.39, 0.29) is 6.61 Å². The van der Waals surface area contributed by atoms with Crippen LogP contribution in [0.2, 0.25) is 0 Å².